The van der Waals surface area contributed by atoms with E-state index in [1.807, 2.05) is 0 Å². The third-order valence-electron chi connectivity index (χ3n) is 1.23. The highest BCUT2D eigenvalue weighted by molar-refractivity contribution is 5.89. The zero-order valence-electron chi connectivity index (χ0n) is 4.96. The monoisotopic (exact) mass is 128 g/mol. The van der Waals surface area contributed by atoms with Crippen molar-refractivity contribution in [1.29, 1.82) is 0 Å². The van der Waals surface area contributed by atoms with Gasteiger partial charge in [-0.3, -0.25) is 0 Å². The molecule has 1 atom stereocenters. The van der Waals surface area contributed by atoms with Crippen LogP contribution in [0.4, 0.5) is 4.79 Å². The van der Waals surface area contributed by atoms with E-state index in [1.165, 1.54) is 0 Å². The number of rotatable bonds is 0. The van der Waals surface area contributed by atoms with E-state index in [2.05, 4.69) is 11.5 Å². The van der Waals surface area contributed by atoms with Gasteiger partial charge in [0.05, 0.1) is 0 Å². The second-order valence-corrected chi connectivity index (χ2v) is 1.83. The van der Waals surface area contributed by atoms with Gasteiger partial charge >= 0.3 is 12.1 Å². The molecule has 1 saturated heterocycles. The fourth-order valence-corrected chi connectivity index (χ4v) is 0.515. The maximum Gasteiger partial charge on any atom is 0.604 e. The SMILES string of the molecule is C=[N+]1C(=O)OC(=O)[C@@H]1C. The van der Waals surface area contributed by atoms with Crippen LogP contribution in [0.3, 0.4) is 0 Å². The highest BCUT2D eigenvalue weighted by Gasteiger charge is 2.42. The molecular weight excluding hydrogens is 122 g/mol. The van der Waals surface area contributed by atoms with Crippen LogP contribution < -0.4 is 0 Å². The first-order valence-corrected chi connectivity index (χ1v) is 2.48. The number of cyclic esters (lactones) is 2. The number of esters is 1. The van der Waals surface area contributed by atoms with Crippen molar-refractivity contribution < 1.29 is 18.9 Å². The molecule has 48 valence electrons. The Balaban J connectivity index is 2.90. The van der Waals surface area contributed by atoms with Crippen LogP contribution in [0.1, 0.15) is 6.92 Å². The lowest BCUT2D eigenvalue weighted by Crippen LogP contribution is -2.20. The minimum absolute atomic E-state index is 0.530. The standard InChI is InChI=1S/C5H6NO3/c1-3-4(7)9-5(8)6(3)2/h3H,2H2,1H3/q+1/t3-/m0/s1. The Bertz CT molecular complexity index is 196. The number of amides is 1. The molecule has 1 heterocycles. The number of hydrogen-bond acceptors (Lipinski definition) is 3. The molecule has 4 nitrogen and oxygen atoms in total. The van der Waals surface area contributed by atoms with Crippen LogP contribution in [0.15, 0.2) is 0 Å². The van der Waals surface area contributed by atoms with Crippen LogP contribution >= 0.6 is 0 Å². The van der Waals surface area contributed by atoms with Crippen LogP contribution in [0.5, 0.6) is 0 Å². The van der Waals surface area contributed by atoms with Crippen molar-refractivity contribution in [3.8, 4) is 0 Å². The molecule has 0 aromatic carbocycles. The van der Waals surface area contributed by atoms with Gasteiger partial charge in [-0.05, 0) is 0 Å². The van der Waals surface area contributed by atoms with Gasteiger partial charge in [0, 0.05) is 6.92 Å². The lowest BCUT2D eigenvalue weighted by molar-refractivity contribution is -0.436. The largest absolute Gasteiger partial charge is 0.604 e. The molecule has 0 aromatic heterocycles. The molecule has 1 aliphatic rings. The van der Waals surface area contributed by atoms with E-state index >= 15 is 0 Å². The number of ether oxygens (including phenoxy) is 1. The summed E-state index contributed by atoms with van der Waals surface area (Å²) in [7, 11) is 0. The lowest BCUT2D eigenvalue weighted by atomic mass is 10.4. The summed E-state index contributed by atoms with van der Waals surface area (Å²) in [6, 6.07) is -0.530. The van der Waals surface area contributed by atoms with Gasteiger partial charge < -0.3 is 4.74 Å². The highest BCUT2D eigenvalue weighted by atomic mass is 16.6. The number of carbonyl (C=O) groups excluding carboxylic acids is 2. The van der Waals surface area contributed by atoms with Crippen molar-refractivity contribution in [1.82, 2.24) is 0 Å². The fourth-order valence-electron chi connectivity index (χ4n) is 0.515. The Kier molecular flexibility index (Phi) is 1.09. The fraction of sp³-hybridized carbons (Fsp3) is 0.400. The second-order valence-electron chi connectivity index (χ2n) is 1.83. The van der Waals surface area contributed by atoms with Crippen molar-refractivity contribution >= 4 is 18.8 Å². The van der Waals surface area contributed by atoms with E-state index in [0.717, 1.165) is 4.58 Å². The summed E-state index contributed by atoms with van der Waals surface area (Å²) in [6.45, 7) is 4.84. The lowest BCUT2D eigenvalue weighted by Gasteiger charge is -1.83. The summed E-state index contributed by atoms with van der Waals surface area (Å²) in [6.07, 6.45) is -0.674. The molecule has 0 spiro atoms. The predicted molar refractivity (Wildman–Crippen MR) is 28.3 cm³/mol. The zero-order valence-corrected chi connectivity index (χ0v) is 4.96. The van der Waals surface area contributed by atoms with Gasteiger partial charge in [0.15, 0.2) is 0 Å². The van der Waals surface area contributed by atoms with E-state index in [-0.39, 0.29) is 0 Å². The molecule has 9 heavy (non-hydrogen) atoms. The average Bonchev–Trinajstić information content (AvgIpc) is 1.98. The first-order valence-electron chi connectivity index (χ1n) is 2.48. The Hall–Kier alpha value is -1.19. The van der Waals surface area contributed by atoms with Gasteiger partial charge in [-0.2, -0.15) is 4.79 Å². The molecule has 0 radical (unpaired) electrons. The summed E-state index contributed by atoms with van der Waals surface area (Å²) in [5.41, 5.74) is 0. The van der Waals surface area contributed by atoms with Crippen molar-refractivity contribution in [2.75, 3.05) is 0 Å². The molecule has 1 aliphatic heterocycles. The number of hydrogen-bond donors (Lipinski definition) is 0. The summed E-state index contributed by atoms with van der Waals surface area (Å²) in [5.74, 6) is -0.532. The van der Waals surface area contributed by atoms with Gasteiger partial charge in [0.25, 0.3) is 6.04 Å². The number of nitrogens with zero attached hydrogens (tertiary/aromatic N) is 1. The molecule has 4 heteroatoms. The predicted octanol–water partition coefficient (Wildman–Crippen LogP) is -0.235. The summed E-state index contributed by atoms with van der Waals surface area (Å²) < 4.78 is 5.17. The first kappa shape index (κ1) is 5.94. The van der Waals surface area contributed by atoms with Crippen molar-refractivity contribution in [3.05, 3.63) is 0 Å². The van der Waals surface area contributed by atoms with Crippen LogP contribution in [0, 0.1) is 0 Å². The zero-order chi connectivity index (χ0) is 7.02. The first-order chi connectivity index (χ1) is 4.13. The molecule has 0 bridgehead atoms. The second kappa shape index (κ2) is 1.65. The van der Waals surface area contributed by atoms with Crippen LogP contribution in [0.2, 0.25) is 0 Å². The van der Waals surface area contributed by atoms with Crippen molar-refractivity contribution in [2.45, 2.75) is 13.0 Å². The molecule has 1 fully saturated rings. The number of carbonyl (C=O) groups is 2. The smallest absolute Gasteiger partial charge is 0.332 e. The molecule has 1 amide bonds. The minimum atomic E-state index is -0.674. The van der Waals surface area contributed by atoms with E-state index < -0.39 is 18.1 Å². The average molecular weight is 128 g/mol. The molecular formula is C5H6NO3+. The molecule has 1 rings (SSSR count). The Labute approximate surface area is 51.7 Å². The molecule has 0 unspecified atom stereocenters. The normalized spacial score (nSPS) is 26.8. The summed E-state index contributed by atoms with van der Waals surface area (Å²) in [5, 5.41) is 0. The van der Waals surface area contributed by atoms with Gasteiger partial charge in [-0.25, -0.2) is 4.79 Å². The Morgan fingerprint density at radius 1 is 1.67 bits per heavy atom. The quantitative estimate of drug-likeness (QED) is 0.257. The van der Waals surface area contributed by atoms with E-state index in [4.69, 9.17) is 0 Å². The van der Waals surface area contributed by atoms with Crippen molar-refractivity contribution in [2.24, 2.45) is 0 Å². The Morgan fingerprint density at radius 2 is 2.22 bits per heavy atom. The van der Waals surface area contributed by atoms with Gasteiger partial charge in [-0.1, -0.05) is 0 Å². The minimum Gasteiger partial charge on any atom is -0.332 e. The Morgan fingerprint density at radius 3 is 2.33 bits per heavy atom. The third kappa shape index (κ3) is 0.718. The molecule has 0 aromatic rings. The highest BCUT2D eigenvalue weighted by Crippen LogP contribution is 2.04. The van der Waals surface area contributed by atoms with Gasteiger partial charge in [0.1, 0.15) is 6.72 Å². The maximum absolute atomic E-state index is 10.5. The molecule has 0 aliphatic carbocycles. The molecule has 0 saturated carbocycles. The van der Waals surface area contributed by atoms with Crippen LogP contribution in [0.25, 0.3) is 0 Å². The summed E-state index contributed by atoms with van der Waals surface area (Å²) >= 11 is 0. The van der Waals surface area contributed by atoms with E-state index in [1.54, 1.807) is 6.92 Å². The van der Waals surface area contributed by atoms with Gasteiger partial charge in [0.2, 0.25) is 0 Å². The third-order valence-corrected chi connectivity index (χ3v) is 1.23. The van der Waals surface area contributed by atoms with E-state index in [9.17, 15) is 9.59 Å². The molecule has 0 N–H and O–H groups in total. The van der Waals surface area contributed by atoms with Crippen LogP contribution in [-0.4, -0.2) is 29.4 Å². The van der Waals surface area contributed by atoms with Gasteiger partial charge in [-0.15, -0.1) is 4.58 Å². The maximum atomic E-state index is 10.5. The van der Waals surface area contributed by atoms with Crippen LogP contribution in [-0.2, 0) is 9.53 Å². The summed E-state index contributed by atoms with van der Waals surface area (Å²) in [4.78, 5) is 20.9. The van der Waals surface area contributed by atoms with Crippen molar-refractivity contribution in [3.63, 3.8) is 0 Å². The topological polar surface area (TPSA) is 46.4 Å². The van der Waals surface area contributed by atoms with E-state index in [0.29, 0.717) is 0 Å².